The van der Waals surface area contributed by atoms with Crippen molar-refractivity contribution in [2.45, 2.75) is 46.6 Å². The van der Waals surface area contributed by atoms with Crippen LogP contribution in [0.4, 0.5) is 5.69 Å². The van der Waals surface area contributed by atoms with Crippen molar-refractivity contribution in [1.29, 1.82) is 0 Å². The number of nitrogens with one attached hydrogen (secondary N) is 1. The van der Waals surface area contributed by atoms with Gasteiger partial charge in [0.05, 0.1) is 24.1 Å². The molecule has 0 aliphatic carbocycles. The zero-order valence-electron chi connectivity index (χ0n) is 22.4. The lowest BCUT2D eigenvalue weighted by Gasteiger charge is -2.20. The molecule has 2 N–H and O–H groups in total. The van der Waals surface area contributed by atoms with E-state index in [0.29, 0.717) is 28.0 Å². The van der Waals surface area contributed by atoms with Crippen molar-refractivity contribution in [3.05, 3.63) is 105 Å². The maximum atomic E-state index is 13.6. The Morgan fingerprint density at radius 1 is 1.11 bits per heavy atom. The van der Waals surface area contributed by atoms with Crippen LogP contribution >= 0.6 is 0 Å². The number of hydrogen-bond donors (Lipinski definition) is 2. The van der Waals surface area contributed by atoms with Crippen molar-refractivity contribution in [2.24, 2.45) is 0 Å². The number of carboxylic acids is 1. The Morgan fingerprint density at radius 2 is 1.87 bits per heavy atom. The van der Waals surface area contributed by atoms with E-state index in [1.165, 1.54) is 0 Å². The number of fused-ring (bicyclic) bond motifs is 1. The molecular formula is C32H33NO5. The van der Waals surface area contributed by atoms with Crippen LogP contribution < -0.4 is 10.7 Å². The number of aryl methyl sites for hydroxylation is 1. The Labute approximate surface area is 222 Å². The molecule has 6 heteroatoms. The Hall–Kier alpha value is -4.32. The molecule has 6 nitrogen and oxygen atoms in total. The third kappa shape index (κ3) is 5.35. The summed E-state index contributed by atoms with van der Waals surface area (Å²) in [6, 6.07) is 18.0. The lowest BCUT2D eigenvalue weighted by molar-refractivity contribution is 0.0698. The molecule has 4 aromatic rings. The Bertz CT molecular complexity index is 1580. The van der Waals surface area contributed by atoms with E-state index in [9.17, 15) is 14.7 Å². The van der Waals surface area contributed by atoms with E-state index >= 15 is 0 Å². The number of hydrogen-bond acceptors (Lipinski definition) is 5. The Balaban J connectivity index is 1.86. The molecular weight excluding hydrogens is 478 g/mol. The van der Waals surface area contributed by atoms with Gasteiger partial charge in [-0.05, 0) is 63.1 Å². The molecule has 0 amide bonds. The third-order valence-electron chi connectivity index (χ3n) is 6.64. The summed E-state index contributed by atoms with van der Waals surface area (Å²) in [7, 11) is 1.65. The van der Waals surface area contributed by atoms with Crippen LogP contribution in [0.2, 0.25) is 0 Å². The van der Waals surface area contributed by atoms with Crippen molar-refractivity contribution in [3.63, 3.8) is 0 Å². The van der Waals surface area contributed by atoms with Crippen LogP contribution in [-0.2, 0) is 4.74 Å². The van der Waals surface area contributed by atoms with Crippen LogP contribution in [0.3, 0.4) is 0 Å². The second-order valence-corrected chi connectivity index (χ2v) is 9.47. The van der Waals surface area contributed by atoms with Gasteiger partial charge >= 0.3 is 5.97 Å². The van der Waals surface area contributed by atoms with Crippen molar-refractivity contribution in [3.8, 4) is 11.3 Å². The summed E-state index contributed by atoms with van der Waals surface area (Å²) in [5.41, 5.74) is 4.96. The molecule has 4 rings (SSSR count). The number of aromatic carboxylic acids is 1. The zero-order chi connectivity index (χ0) is 27.4. The second kappa shape index (κ2) is 11.4. The van der Waals surface area contributed by atoms with Gasteiger partial charge in [-0.3, -0.25) is 4.79 Å². The van der Waals surface area contributed by atoms with Gasteiger partial charge in [0.2, 0.25) is 0 Å². The molecule has 0 spiro atoms. The minimum absolute atomic E-state index is 0.0942. The summed E-state index contributed by atoms with van der Waals surface area (Å²) in [5.74, 6) is 0.265. The fourth-order valence-electron chi connectivity index (χ4n) is 4.68. The number of benzene rings is 3. The van der Waals surface area contributed by atoms with E-state index in [1.54, 1.807) is 38.3 Å². The molecule has 0 aliphatic heterocycles. The molecule has 0 saturated carbocycles. The Morgan fingerprint density at radius 3 is 2.58 bits per heavy atom. The Kier molecular flexibility index (Phi) is 8.01. The number of anilines is 1. The molecule has 1 heterocycles. The predicted octanol–water partition coefficient (Wildman–Crippen LogP) is 7.74. The average molecular weight is 512 g/mol. The first-order valence-corrected chi connectivity index (χ1v) is 12.8. The molecule has 1 unspecified atom stereocenters. The van der Waals surface area contributed by atoms with Gasteiger partial charge in [0.15, 0.2) is 5.43 Å². The van der Waals surface area contributed by atoms with E-state index in [2.05, 4.69) is 18.3 Å². The highest BCUT2D eigenvalue weighted by Gasteiger charge is 2.20. The number of carboxylic acid groups (broad SMARTS) is 1. The highest BCUT2D eigenvalue weighted by Crippen LogP contribution is 2.33. The van der Waals surface area contributed by atoms with Crippen molar-refractivity contribution >= 4 is 28.4 Å². The number of unbranched alkanes of at least 4 members (excludes halogenated alkanes) is 1. The quantitative estimate of drug-likeness (QED) is 0.224. The smallest absolute Gasteiger partial charge is 0.337 e. The summed E-state index contributed by atoms with van der Waals surface area (Å²) in [5, 5.41) is 13.4. The number of allylic oxidation sites excluding steroid dienone is 1. The third-order valence-corrected chi connectivity index (χ3v) is 6.64. The summed E-state index contributed by atoms with van der Waals surface area (Å²) in [6.07, 6.45) is 3.97. The summed E-state index contributed by atoms with van der Waals surface area (Å²) >= 11 is 0. The van der Waals surface area contributed by atoms with Crippen LogP contribution in [0.25, 0.3) is 28.1 Å². The predicted molar refractivity (Wildman–Crippen MR) is 153 cm³/mol. The van der Waals surface area contributed by atoms with E-state index in [1.807, 2.05) is 50.2 Å². The molecule has 196 valence electrons. The van der Waals surface area contributed by atoms with Crippen LogP contribution in [0.5, 0.6) is 0 Å². The normalized spacial score (nSPS) is 12.4. The monoisotopic (exact) mass is 511 g/mol. The first-order valence-electron chi connectivity index (χ1n) is 12.8. The van der Waals surface area contributed by atoms with Gasteiger partial charge in [-0.25, -0.2) is 4.79 Å². The minimum atomic E-state index is -1.01. The van der Waals surface area contributed by atoms with Gasteiger partial charge in [-0.15, -0.1) is 0 Å². The molecule has 0 bridgehead atoms. The fourth-order valence-corrected chi connectivity index (χ4v) is 4.68. The standard InChI is InChI=1S/C32H33NO5/c1-6-7-15-28(37-5)22-11-10-12-23(18-22)30-20(3)29(34)26-17-19(2)16-25(31(26)38-30)21(4)33-27-14-9-8-13-24(27)32(35)36/h8-18,21,33H,6-7H2,1-5H3,(H,35,36)/b28-15+. The number of methoxy groups -OCH3 is 1. The largest absolute Gasteiger partial charge is 0.496 e. The average Bonchev–Trinajstić information content (AvgIpc) is 2.91. The van der Waals surface area contributed by atoms with Crippen LogP contribution in [0.15, 0.2) is 76.0 Å². The van der Waals surface area contributed by atoms with Crippen LogP contribution in [0, 0.1) is 13.8 Å². The topological polar surface area (TPSA) is 88.8 Å². The first-order chi connectivity index (χ1) is 18.2. The first kappa shape index (κ1) is 26.7. The van der Waals surface area contributed by atoms with Crippen LogP contribution in [-0.4, -0.2) is 18.2 Å². The van der Waals surface area contributed by atoms with E-state index in [-0.39, 0.29) is 17.0 Å². The van der Waals surface area contributed by atoms with Gasteiger partial charge in [0.25, 0.3) is 0 Å². The molecule has 38 heavy (non-hydrogen) atoms. The zero-order valence-corrected chi connectivity index (χ0v) is 22.4. The van der Waals surface area contributed by atoms with Crippen LogP contribution in [0.1, 0.15) is 65.3 Å². The summed E-state index contributed by atoms with van der Waals surface area (Å²) in [4.78, 5) is 25.3. The summed E-state index contributed by atoms with van der Waals surface area (Å²) in [6.45, 7) is 7.76. The molecule has 0 aliphatic rings. The van der Waals surface area contributed by atoms with Gasteiger partial charge in [0.1, 0.15) is 17.1 Å². The van der Waals surface area contributed by atoms with E-state index in [0.717, 1.165) is 40.9 Å². The lowest BCUT2D eigenvalue weighted by atomic mass is 9.98. The molecule has 1 aromatic heterocycles. The SMILES string of the molecule is CCC/C=C(/OC)c1cccc(-c2oc3c(C(C)Nc4ccccc4C(=O)O)cc(C)cc3c(=O)c2C)c1. The maximum absolute atomic E-state index is 13.6. The van der Waals surface area contributed by atoms with E-state index < -0.39 is 5.97 Å². The van der Waals surface area contributed by atoms with Gasteiger partial charge in [-0.2, -0.15) is 0 Å². The molecule has 0 saturated heterocycles. The van der Waals surface area contributed by atoms with Crippen molar-refractivity contribution < 1.29 is 19.1 Å². The number of para-hydroxylation sites is 1. The maximum Gasteiger partial charge on any atom is 0.337 e. The molecule has 0 fully saturated rings. The minimum Gasteiger partial charge on any atom is -0.496 e. The van der Waals surface area contributed by atoms with Gasteiger partial charge < -0.3 is 19.6 Å². The van der Waals surface area contributed by atoms with E-state index in [4.69, 9.17) is 9.15 Å². The molecule has 0 radical (unpaired) electrons. The number of ether oxygens (including phenoxy) is 1. The highest BCUT2D eigenvalue weighted by atomic mass is 16.5. The summed E-state index contributed by atoms with van der Waals surface area (Å²) < 4.78 is 12.1. The van der Waals surface area contributed by atoms with Gasteiger partial charge in [0, 0.05) is 27.9 Å². The van der Waals surface area contributed by atoms with Gasteiger partial charge in [-0.1, -0.05) is 49.7 Å². The molecule has 3 aromatic carbocycles. The number of rotatable bonds is 9. The fraction of sp³-hybridized carbons (Fsp3) is 0.250. The number of carbonyl (C=O) groups is 1. The molecule has 1 atom stereocenters. The lowest BCUT2D eigenvalue weighted by Crippen LogP contribution is -2.14. The van der Waals surface area contributed by atoms with Crippen molar-refractivity contribution in [2.75, 3.05) is 12.4 Å². The highest BCUT2D eigenvalue weighted by molar-refractivity contribution is 5.94. The second-order valence-electron chi connectivity index (χ2n) is 9.47. The van der Waals surface area contributed by atoms with Crippen molar-refractivity contribution in [1.82, 2.24) is 0 Å².